The summed E-state index contributed by atoms with van der Waals surface area (Å²) in [7, 11) is 0. The SMILES string of the molecule is CC1(C)CCc2[nH]ncc2C1CCN. The molecule has 0 fully saturated rings. The Balaban J connectivity index is 2.33. The number of fused-ring (bicyclic) bond motifs is 1. The molecule has 1 atom stereocenters. The highest BCUT2D eigenvalue weighted by molar-refractivity contribution is 5.27. The molecule has 0 saturated heterocycles. The first kappa shape index (κ1) is 9.71. The number of hydrogen-bond acceptors (Lipinski definition) is 2. The van der Waals surface area contributed by atoms with Gasteiger partial charge in [-0.3, -0.25) is 5.10 Å². The van der Waals surface area contributed by atoms with E-state index in [1.54, 1.807) is 0 Å². The summed E-state index contributed by atoms with van der Waals surface area (Å²) in [5.74, 6) is 0.579. The molecule has 0 radical (unpaired) electrons. The first-order valence-corrected chi connectivity index (χ1v) is 5.37. The highest BCUT2D eigenvalue weighted by atomic mass is 15.1. The van der Waals surface area contributed by atoms with E-state index in [1.165, 1.54) is 17.7 Å². The molecule has 1 unspecified atom stereocenters. The Morgan fingerprint density at radius 3 is 3.14 bits per heavy atom. The van der Waals surface area contributed by atoms with Crippen molar-refractivity contribution in [3.63, 3.8) is 0 Å². The number of nitrogens with two attached hydrogens (primary N) is 1. The molecule has 0 spiro atoms. The summed E-state index contributed by atoms with van der Waals surface area (Å²) >= 11 is 0. The van der Waals surface area contributed by atoms with Gasteiger partial charge in [-0.25, -0.2) is 0 Å². The van der Waals surface area contributed by atoms with Crippen LogP contribution in [0.2, 0.25) is 0 Å². The van der Waals surface area contributed by atoms with Gasteiger partial charge in [0.1, 0.15) is 0 Å². The van der Waals surface area contributed by atoms with Gasteiger partial charge in [-0.05, 0) is 42.7 Å². The lowest BCUT2D eigenvalue weighted by molar-refractivity contribution is 0.235. The van der Waals surface area contributed by atoms with Gasteiger partial charge in [0.2, 0.25) is 0 Å². The van der Waals surface area contributed by atoms with E-state index in [2.05, 4.69) is 24.0 Å². The van der Waals surface area contributed by atoms with Crippen molar-refractivity contribution in [2.24, 2.45) is 11.1 Å². The number of aromatic amines is 1. The lowest BCUT2D eigenvalue weighted by Crippen LogP contribution is -2.29. The van der Waals surface area contributed by atoms with E-state index in [4.69, 9.17) is 5.73 Å². The zero-order chi connectivity index (χ0) is 10.2. The van der Waals surface area contributed by atoms with Gasteiger partial charge < -0.3 is 5.73 Å². The van der Waals surface area contributed by atoms with E-state index >= 15 is 0 Å². The number of hydrogen-bond donors (Lipinski definition) is 2. The van der Waals surface area contributed by atoms with E-state index in [1.807, 2.05) is 6.20 Å². The molecule has 1 aromatic heterocycles. The Hall–Kier alpha value is -0.830. The first-order chi connectivity index (χ1) is 6.65. The van der Waals surface area contributed by atoms with Crippen LogP contribution in [-0.2, 0) is 6.42 Å². The van der Waals surface area contributed by atoms with Gasteiger partial charge in [-0.2, -0.15) is 5.10 Å². The molecule has 1 aliphatic carbocycles. The molecule has 0 amide bonds. The summed E-state index contributed by atoms with van der Waals surface area (Å²) in [4.78, 5) is 0. The summed E-state index contributed by atoms with van der Waals surface area (Å²) < 4.78 is 0. The molecule has 0 aliphatic heterocycles. The summed E-state index contributed by atoms with van der Waals surface area (Å²) in [5, 5.41) is 7.23. The predicted molar refractivity (Wildman–Crippen MR) is 57.1 cm³/mol. The summed E-state index contributed by atoms with van der Waals surface area (Å²) in [6, 6.07) is 0. The van der Waals surface area contributed by atoms with Gasteiger partial charge in [0.15, 0.2) is 0 Å². The maximum absolute atomic E-state index is 5.68. The molecule has 0 bridgehead atoms. The van der Waals surface area contributed by atoms with Crippen LogP contribution >= 0.6 is 0 Å². The Labute approximate surface area is 85.1 Å². The average molecular weight is 193 g/mol. The van der Waals surface area contributed by atoms with Crippen LogP contribution in [0.5, 0.6) is 0 Å². The van der Waals surface area contributed by atoms with Crippen molar-refractivity contribution >= 4 is 0 Å². The molecule has 1 aromatic rings. The topological polar surface area (TPSA) is 54.7 Å². The molecule has 3 nitrogen and oxygen atoms in total. The lowest BCUT2D eigenvalue weighted by atomic mass is 9.67. The predicted octanol–water partition coefficient (Wildman–Crippen LogP) is 1.81. The molecule has 3 heteroatoms. The Kier molecular flexibility index (Phi) is 2.35. The number of aryl methyl sites for hydroxylation is 1. The van der Waals surface area contributed by atoms with Gasteiger partial charge >= 0.3 is 0 Å². The van der Waals surface area contributed by atoms with Crippen LogP contribution in [0.4, 0.5) is 0 Å². The number of rotatable bonds is 2. The maximum Gasteiger partial charge on any atom is 0.0525 e. The minimum absolute atomic E-state index is 0.371. The van der Waals surface area contributed by atoms with Gasteiger partial charge in [0.25, 0.3) is 0 Å². The van der Waals surface area contributed by atoms with Crippen LogP contribution in [0.15, 0.2) is 6.20 Å². The Bertz CT molecular complexity index is 314. The zero-order valence-corrected chi connectivity index (χ0v) is 9.01. The maximum atomic E-state index is 5.68. The van der Waals surface area contributed by atoms with Crippen LogP contribution in [0, 0.1) is 5.41 Å². The largest absolute Gasteiger partial charge is 0.330 e. The molecule has 1 aliphatic rings. The second-order valence-corrected chi connectivity index (χ2v) is 4.92. The van der Waals surface area contributed by atoms with E-state index < -0.39 is 0 Å². The second-order valence-electron chi connectivity index (χ2n) is 4.92. The number of aromatic nitrogens is 2. The quantitative estimate of drug-likeness (QED) is 0.752. The molecule has 0 saturated carbocycles. The number of H-pyrrole nitrogens is 1. The molecular weight excluding hydrogens is 174 g/mol. The lowest BCUT2D eigenvalue weighted by Gasteiger charge is -2.38. The molecule has 0 aromatic carbocycles. The minimum Gasteiger partial charge on any atom is -0.330 e. The third-order valence-electron chi connectivity index (χ3n) is 3.55. The number of nitrogens with zero attached hydrogens (tertiary/aromatic N) is 1. The summed E-state index contributed by atoms with van der Waals surface area (Å²) in [5.41, 5.74) is 8.76. The third kappa shape index (κ3) is 1.46. The van der Waals surface area contributed by atoms with Gasteiger partial charge in [0, 0.05) is 5.69 Å². The van der Waals surface area contributed by atoms with Crippen molar-refractivity contribution in [3.05, 3.63) is 17.5 Å². The molecule has 14 heavy (non-hydrogen) atoms. The third-order valence-corrected chi connectivity index (χ3v) is 3.55. The van der Waals surface area contributed by atoms with Crippen LogP contribution in [0.1, 0.15) is 43.9 Å². The van der Waals surface area contributed by atoms with E-state index in [-0.39, 0.29) is 0 Å². The van der Waals surface area contributed by atoms with Crippen molar-refractivity contribution < 1.29 is 0 Å². The van der Waals surface area contributed by atoms with Crippen molar-refractivity contribution in [1.82, 2.24) is 10.2 Å². The van der Waals surface area contributed by atoms with Crippen LogP contribution in [0.25, 0.3) is 0 Å². The van der Waals surface area contributed by atoms with Crippen LogP contribution in [-0.4, -0.2) is 16.7 Å². The molecule has 2 rings (SSSR count). The smallest absolute Gasteiger partial charge is 0.0525 e. The molecular formula is C11H19N3. The summed E-state index contributed by atoms with van der Waals surface area (Å²) in [6.07, 6.45) is 5.41. The van der Waals surface area contributed by atoms with Crippen molar-refractivity contribution in [3.8, 4) is 0 Å². The Morgan fingerprint density at radius 2 is 2.43 bits per heavy atom. The highest BCUT2D eigenvalue weighted by Gasteiger charge is 2.36. The van der Waals surface area contributed by atoms with Crippen LogP contribution in [0.3, 0.4) is 0 Å². The summed E-state index contributed by atoms with van der Waals surface area (Å²) in [6.45, 7) is 5.44. The van der Waals surface area contributed by atoms with Gasteiger partial charge in [-0.1, -0.05) is 13.8 Å². The number of nitrogens with one attached hydrogen (secondary N) is 1. The normalized spacial score (nSPS) is 24.6. The standard InChI is InChI=1S/C11H19N3/c1-11(2)5-3-10-8(7-13-14-10)9(11)4-6-12/h7,9H,3-6,12H2,1-2H3,(H,13,14). The minimum atomic E-state index is 0.371. The fraction of sp³-hybridized carbons (Fsp3) is 0.727. The van der Waals surface area contributed by atoms with Crippen molar-refractivity contribution in [2.45, 2.75) is 39.0 Å². The fourth-order valence-corrected chi connectivity index (χ4v) is 2.58. The molecule has 1 heterocycles. The van der Waals surface area contributed by atoms with Crippen molar-refractivity contribution in [2.75, 3.05) is 6.54 Å². The fourth-order valence-electron chi connectivity index (χ4n) is 2.58. The van der Waals surface area contributed by atoms with Crippen LogP contribution < -0.4 is 5.73 Å². The highest BCUT2D eigenvalue weighted by Crippen LogP contribution is 2.45. The zero-order valence-electron chi connectivity index (χ0n) is 9.01. The first-order valence-electron chi connectivity index (χ1n) is 5.37. The Morgan fingerprint density at radius 1 is 1.64 bits per heavy atom. The average Bonchev–Trinajstić information content (AvgIpc) is 2.58. The van der Waals surface area contributed by atoms with E-state index in [0.29, 0.717) is 11.3 Å². The van der Waals surface area contributed by atoms with Crippen molar-refractivity contribution in [1.29, 1.82) is 0 Å². The second kappa shape index (κ2) is 3.39. The molecule has 78 valence electrons. The monoisotopic (exact) mass is 193 g/mol. The van der Waals surface area contributed by atoms with Gasteiger partial charge in [-0.15, -0.1) is 0 Å². The van der Waals surface area contributed by atoms with E-state index in [0.717, 1.165) is 19.4 Å². The molecule has 3 N–H and O–H groups in total. The van der Waals surface area contributed by atoms with Gasteiger partial charge in [0.05, 0.1) is 6.20 Å². The van der Waals surface area contributed by atoms with E-state index in [9.17, 15) is 0 Å².